The summed E-state index contributed by atoms with van der Waals surface area (Å²) in [7, 11) is 0. The number of hydrogen-bond acceptors (Lipinski definition) is 3. The van der Waals surface area contributed by atoms with Crippen LogP contribution in [0, 0.1) is 0 Å². The topological polar surface area (TPSA) is 55.1 Å². The van der Waals surface area contributed by atoms with Gasteiger partial charge in [0.2, 0.25) is 5.91 Å². The summed E-state index contributed by atoms with van der Waals surface area (Å²) >= 11 is 1.74. The standard InChI is InChI=1S/C18H22N2OS.ClH/c1-13(2)22-17-11-7-6-10-16(17)20-18(21)12-15(19)14-8-4-3-5-9-14;/h3-11,13,15H,12,19H2,1-2H3,(H,20,21);1H. The second kappa shape index (κ2) is 9.60. The molecule has 2 rings (SSSR count). The van der Waals surface area contributed by atoms with Gasteiger partial charge in [-0.15, -0.1) is 24.2 Å². The third kappa shape index (κ3) is 6.26. The molecule has 23 heavy (non-hydrogen) atoms. The van der Waals surface area contributed by atoms with Crippen LogP contribution in [-0.4, -0.2) is 11.2 Å². The van der Waals surface area contributed by atoms with Crippen LogP contribution in [0.25, 0.3) is 0 Å². The Labute approximate surface area is 148 Å². The van der Waals surface area contributed by atoms with Crippen LogP contribution in [0.5, 0.6) is 0 Å². The number of amides is 1. The van der Waals surface area contributed by atoms with Crippen molar-refractivity contribution in [1.82, 2.24) is 0 Å². The predicted molar refractivity (Wildman–Crippen MR) is 101 cm³/mol. The molecule has 1 amide bonds. The molecule has 2 aromatic rings. The highest BCUT2D eigenvalue weighted by molar-refractivity contribution is 8.00. The van der Waals surface area contributed by atoms with Crippen molar-refractivity contribution in [1.29, 1.82) is 0 Å². The third-order valence-electron chi connectivity index (χ3n) is 3.16. The quantitative estimate of drug-likeness (QED) is 0.746. The summed E-state index contributed by atoms with van der Waals surface area (Å²) in [4.78, 5) is 13.3. The van der Waals surface area contributed by atoms with Crippen LogP contribution in [0.2, 0.25) is 0 Å². The molecule has 0 bridgehead atoms. The van der Waals surface area contributed by atoms with Gasteiger partial charge in [0.15, 0.2) is 0 Å². The zero-order valence-electron chi connectivity index (χ0n) is 13.4. The van der Waals surface area contributed by atoms with Crippen LogP contribution in [0.3, 0.4) is 0 Å². The van der Waals surface area contributed by atoms with Crippen LogP contribution in [0.15, 0.2) is 59.5 Å². The summed E-state index contributed by atoms with van der Waals surface area (Å²) in [6.07, 6.45) is 0.269. The molecule has 0 heterocycles. The normalized spacial score (nSPS) is 11.7. The number of thioether (sulfide) groups is 1. The van der Waals surface area contributed by atoms with E-state index in [2.05, 4.69) is 19.2 Å². The molecule has 5 heteroatoms. The highest BCUT2D eigenvalue weighted by Crippen LogP contribution is 2.30. The molecular weight excluding hydrogens is 328 g/mol. The summed E-state index contributed by atoms with van der Waals surface area (Å²) in [5.41, 5.74) is 7.93. The smallest absolute Gasteiger partial charge is 0.226 e. The first-order valence-corrected chi connectivity index (χ1v) is 8.30. The maximum Gasteiger partial charge on any atom is 0.226 e. The van der Waals surface area contributed by atoms with Gasteiger partial charge in [-0.25, -0.2) is 0 Å². The molecule has 0 aliphatic carbocycles. The fraction of sp³-hybridized carbons (Fsp3) is 0.278. The van der Waals surface area contributed by atoms with Crippen molar-refractivity contribution >= 4 is 35.8 Å². The van der Waals surface area contributed by atoms with Crippen molar-refractivity contribution in [3.63, 3.8) is 0 Å². The highest BCUT2D eigenvalue weighted by Gasteiger charge is 2.13. The van der Waals surface area contributed by atoms with Crippen molar-refractivity contribution in [2.24, 2.45) is 5.73 Å². The third-order valence-corrected chi connectivity index (χ3v) is 4.24. The molecule has 1 unspecified atom stereocenters. The Morgan fingerprint density at radius 2 is 1.70 bits per heavy atom. The number of hydrogen-bond donors (Lipinski definition) is 2. The van der Waals surface area contributed by atoms with E-state index < -0.39 is 0 Å². The van der Waals surface area contributed by atoms with Crippen LogP contribution >= 0.6 is 24.2 Å². The zero-order chi connectivity index (χ0) is 15.9. The number of nitrogens with one attached hydrogen (secondary N) is 1. The predicted octanol–water partition coefficient (Wildman–Crippen LogP) is 4.64. The highest BCUT2D eigenvalue weighted by atomic mass is 35.5. The maximum absolute atomic E-state index is 12.2. The van der Waals surface area contributed by atoms with Gasteiger partial charge in [-0.2, -0.15) is 0 Å². The molecule has 0 saturated carbocycles. The summed E-state index contributed by atoms with van der Waals surface area (Å²) in [6.45, 7) is 4.27. The molecular formula is C18H23ClN2OS. The van der Waals surface area contributed by atoms with Gasteiger partial charge in [0, 0.05) is 22.6 Å². The lowest BCUT2D eigenvalue weighted by molar-refractivity contribution is -0.116. The van der Waals surface area contributed by atoms with Gasteiger partial charge < -0.3 is 11.1 Å². The van der Waals surface area contributed by atoms with E-state index >= 15 is 0 Å². The lowest BCUT2D eigenvalue weighted by atomic mass is 10.0. The average Bonchev–Trinajstić information content (AvgIpc) is 2.49. The second-order valence-corrected chi connectivity index (χ2v) is 7.05. The fourth-order valence-electron chi connectivity index (χ4n) is 2.15. The summed E-state index contributed by atoms with van der Waals surface area (Å²) in [5, 5.41) is 3.44. The van der Waals surface area contributed by atoms with Crippen LogP contribution in [0.1, 0.15) is 31.9 Å². The molecule has 2 aromatic carbocycles. The molecule has 0 fully saturated rings. The largest absolute Gasteiger partial charge is 0.325 e. The van der Waals surface area contributed by atoms with E-state index in [9.17, 15) is 4.79 Å². The van der Waals surface area contributed by atoms with E-state index in [-0.39, 0.29) is 30.8 Å². The number of anilines is 1. The van der Waals surface area contributed by atoms with Gasteiger partial charge >= 0.3 is 0 Å². The van der Waals surface area contributed by atoms with E-state index in [0.29, 0.717) is 5.25 Å². The second-order valence-electron chi connectivity index (χ2n) is 5.43. The number of benzene rings is 2. The lowest BCUT2D eigenvalue weighted by Gasteiger charge is -2.15. The van der Waals surface area contributed by atoms with Gasteiger partial charge in [0.1, 0.15) is 0 Å². The Kier molecular flexibility index (Phi) is 8.17. The number of halogens is 1. The molecule has 0 aromatic heterocycles. The van der Waals surface area contributed by atoms with Crippen LogP contribution in [-0.2, 0) is 4.79 Å². The first kappa shape index (κ1) is 19.6. The van der Waals surface area contributed by atoms with E-state index in [1.165, 1.54) is 0 Å². The molecule has 3 N–H and O–H groups in total. The Morgan fingerprint density at radius 1 is 1.09 bits per heavy atom. The maximum atomic E-state index is 12.2. The number of nitrogens with two attached hydrogens (primary N) is 1. The fourth-order valence-corrected chi connectivity index (χ4v) is 3.06. The van der Waals surface area contributed by atoms with Gasteiger partial charge in [-0.05, 0) is 17.7 Å². The van der Waals surface area contributed by atoms with E-state index in [0.717, 1.165) is 16.1 Å². The number of para-hydroxylation sites is 1. The number of carbonyl (C=O) groups excluding carboxylic acids is 1. The van der Waals surface area contributed by atoms with Gasteiger partial charge in [0.05, 0.1) is 5.69 Å². The van der Waals surface area contributed by atoms with Gasteiger partial charge in [-0.3, -0.25) is 4.79 Å². The van der Waals surface area contributed by atoms with Crippen molar-refractivity contribution in [2.45, 2.75) is 36.5 Å². The molecule has 3 nitrogen and oxygen atoms in total. The Morgan fingerprint density at radius 3 is 2.35 bits per heavy atom. The molecule has 0 spiro atoms. The van der Waals surface area contributed by atoms with E-state index in [1.807, 2.05) is 54.6 Å². The monoisotopic (exact) mass is 350 g/mol. The minimum absolute atomic E-state index is 0. The van der Waals surface area contributed by atoms with Crippen LogP contribution in [0.4, 0.5) is 5.69 Å². The number of rotatable bonds is 6. The molecule has 124 valence electrons. The van der Waals surface area contributed by atoms with Gasteiger partial charge in [-0.1, -0.05) is 56.3 Å². The molecule has 0 aliphatic heterocycles. The molecule has 0 aliphatic rings. The van der Waals surface area contributed by atoms with Crippen molar-refractivity contribution in [3.8, 4) is 0 Å². The van der Waals surface area contributed by atoms with Crippen LogP contribution < -0.4 is 11.1 Å². The summed E-state index contributed by atoms with van der Waals surface area (Å²) in [5.74, 6) is -0.0619. The number of carbonyl (C=O) groups is 1. The first-order chi connectivity index (χ1) is 10.6. The van der Waals surface area contributed by atoms with Gasteiger partial charge in [0.25, 0.3) is 0 Å². The summed E-state index contributed by atoms with van der Waals surface area (Å²) in [6, 6.07) is 17.3. The Hall–Kier alpha value is -1.49. The molecule has 0 saturated heterocycles. The minimum atomic E-state index is -0.286. The lowest BCUT2D eigenvalue weighted by Crippen LogP contribution is -2.20. The van der Waals surface area contributed by atoms with Crippen molar-refractivity contribution in [3.05, 3.63) is 60.2 Å². The van der Waals surface area contributed by atoms with Crippen molar-refractivity contribution in [2.75, 3.05) is 5.32 Å². The minimum Gasteiger partial charge on any atom is -0.325 e. The SMILES string of the molecule is CC(C)Sc1ccccc1NC(=O)CC(N)c1ccccc1.Cl. The average molecular weight is 351 g/mol. The Balaban J connectivity index is 0.00000264. The zero-order valence-corrected chi connectivity index (χ0v) is 15.0. The molecule has 0 radical (unpaired) electrons. The summed E-state index contributed by atoms with van der Waals surface area (Å²) < 4.78 is 0. The Bertz CT molecular complexity index is 619. The van der Waals surface area contributed by atoms with Crippen molar-refractivity contribution < 1.29 is 4.79 Å². The molecule has 1 atom stereocenters. The first-order valence-electron chi connectivity index (χ1n) is 7.42. The van der Waals surface area contributed by atoms with E-state index in [4.69, 9.17) is 5.73 Å². The van der Waals surface area contributed by atoms with E-state index in [1.54, 1.807) is 11.8 Å².